The van der Waals surface area contributed by atoms with Gasteiger partial charge in [0.25, 0.3) is 0 Å². The third-order valence-corrected chi connectivity index (χ3v) is 2.10. The second-order valence-electron chi connectivity index (χ2n) is 2.48. The molecule has 2 aromatic heterocycles. The number of hydrogen-bond acceptors (Lipinski definition) is 1. The van der Waals surface area contributed by atoms with Crippen molar-refractivity contribution in [1.29, 1.82) is 0 Å². The van der Waals surface area contributed by atoms with Crippen LogP contribution in [-0.2, 0) is 6.67 Å². The van der Waals surface area contributed by atoms with Gasteiger partial charge < -0.3 is 4.40 Å². The zero-order valence-corrected chi connectivity index (χ0v) is 7.75. The molecule has 2 aromatic rings. The first-order valence-electron chi connectivity index (χ1n) is 3.49. The minimum absolute atomic E-state index is 0.466. The smallest absolute Gasteiger partial charge is 0.138 e. The highest BCUT2D eigenvalue weighted by Gasteiger charge is 1.99. The Morgan fingerprint density at radius 2 is 2.42 bits per heavy atom. The Morgan fingerprint density at radius 3 is 3.17 bits per heavy atom. The van der Waals surface area contributed by atoms with E-state index in [-0.39, 0.29) is 0 Å². The molecule has 0 fully saturated rings. The molecule has 2 heterocycles. The Hall–Kier alpha value is -0.900. The molecule has 0 saturated carbocycles. The summed E-state index contributed by atoms with van der Waals surface area (Å²) in [5.41, 5.74) is 1.23. The molecule has 0 amide bonds. The third kappa shape index (κ3) is 1.22. The molecule has 0 aliphatic rings. The lowest BCUT2D eigenvalue weighted by atomic mass is 10.5. The normalized spacial score (nSPS) is 10.8. The van der Waals surface area contributed by atoms with Crippen LogP contribution in [0.3, 0.4) is 0 Å². The van der Waals surface area contributed by atoms with E-state index >= 15 is 0 Å². The van der Waals surface area contributed by atoms with Gasteiger partial charge in [-0.15, -0.1) is 0 Å². The number of hydrogen-bond donors (Lipinski definition) is 0. The quantitative estimate of drug-likeness (QED) is 0.734. The highest BCUT2D eigenvalue weighted by atomic mass is 79.9. The van der Waals surface area contributed by atoms with E-state index in [2.05, 4.69) is 20.9 Å². The molecule has 0 saturated heterocycles. The van der Waals surface area contributed by atoms with Crippen LogP contribution in [0.4, 0.5) is 4.39 Å². The predicted molar refractivity (Wildman–Crippen MR) is 47.7 cm³/mol. The number of aromatic nitrogens is 2. The number of halogens is 2. The highest BCUT2D eigenvalue weighted by Crippen LogP contribution is 2.13. The molecule has 4 heteroatoms. The van der Waals surface area contributed by atoms with Crippen LogP contribution in [0, 0.1) is 0 Å². The Bertz CT molecular complexity index is 410. The molecular weight excluding hydrogens is 223 g/mol. The van der Waals surface area contributed by atoms with Crippen LogP contribution in [0.25, 0.3) is 5.65 Å². The number of rotatable bonds is 1. The minimum Gasteiger partial charge on any atom is -0.307 e. The summed E-state index contributed by atoms with van der Waals surface area (Å²) in [7, 11) is 0. The van der Waals surface area contributed by atoms with Crippen molar-refractivity contribution in [3.05, 3.63) is 34.7 Å². The standard InChI is InChI=1S/C8H6BrFN2/c9-6-1-2-12-5-7(4-10)11-8(12)3-6/h1-3,5H,4H2. The maximum atomic E-state index is 12.2. The van der Waals surface area contributed by atoms with Crippen molar-refractivity contribution in [2.45, 2.75) is 6.67 Å². The topological polar surface area (TPSA) is 17.3 Å². The van der Waals surface area contributed by atoms with Crippen molar-refractivity contribution in [3.63, 3.8) is 0 Å². The van der Waals surface area contributed by atoms with Gasteiger partial charge in [0.15, 0.2) is 0 Å². The monoisotopic (exact) mass is 228 g/mol. The van der Waals surface area contributed by atoms with Gasteiger partial charge in [0.05, 0.1) is 5.69 Å². The maximum Gasteiger partial charge on any atom is 0.138 e. The van der Waals surface area contributed by atoms with Crippen molar-refractivity contribution in [1.82, 2.24) is 9.38 Å². The molecule has 0 aromatic carbocycles. The maximum absolute atomic E-state index is 12.2. The molecule has 0 unspecified atom stereocenters. The minimum atomic E-state index is -0.515. The molecule has 0 N–H and O–H groups in total. The van der Waals surface area contributed by atoms with Crippen molar-refractivity contribution in [2.24, 2.45) is 0 Å². The van der Waals surface area contributed by atoms with Crippen LogP contribution in [-0.4, -0.2) is 9.38 Å². The van der Waals surface area contributed by atoms with Gasteiger partial charge in [0, 0.05) is 16.9 Å². The van der Waals surface area contributed by atoms with E-state index in [1.165, 1.54) is 0 Å². The van der Waals surface area contributed by atoms with E-state index in [4.69, 9.17) is 0 Å². The molecule has 0 spiro atoms. The Labute approximate surface area is 77.2 Å². The van der Waals surface area contributed by atoms with Gasteiger partial charge in [-0.1, -0.05) is 15.9 Å². The Kier molecular flexibility index (Phi) is 1.84. The second kappa shape index (κ2) is 2.86. The Balaban J connectivity index is 2.67. The fourth-order valence-electron chi connectivity index (χ4n) is 1.07. The van der Waals surface area contributed by atoms with Crippen molar-refractivity contribution < 1.29 is 4.39 Å². The zero-order valence-electron chi connectivity index (χ0n) is 6.17. The molecule has 62 valence electrons. The van der Waals surface area contributed by atoms with Crippen LogP contribution in [0.5, 0.6) is 0 Å². The van der Waals surface area contributed by atoms with Gasteiger partial charge in [-0.3, -0.25) is 0 Å². The lowest BCUT2D eigenvalue weighted by Crippen LogP contribution is -1.79. The molecule has 0 aliphatic heterocycles. The van der Waals surface area contributed by atoms with Gasteiger partial charge in [-0.05, 0) is 12.1 Å². The average molecular weight is 229 g/mol. The van der Waals surface area contributed by atoms with Crippen molar-refractivity contribution in [2.75, 3.05) is 0 Å². The summed E-state index contributed by atoms with van der Waals surface area (Å²) in [6.45, 7) is -0.515. The first-order chi connectivity index (χ1) is 5.79. The number of alkyl halides is 1. The molecule has 0 atom stereocenters. The van der Waals surface area contributed by atoms with E-state index in [0.717, 1.165) is 10.1 Å². The van der Waals surface area contributed by atoms with E-state index < -0.39 is 6.67 Å². The largest absolute Gasteiger partial charge is 0.307 e. The van der Waals surface area contributed by atoms with Gasteiger partial charge in [-0.25, -0.2) is 9.37 Å². The SMILES string of the molecule is FCc1cn2ccc(Br)cc2n1. The number of imidazole rings is 1. The van der Waals surface area contributed by atoms with Gasteiger partial charge in [-0.2, -0.15) is 0 Å². The summed E-state index contributed by atoms with van der Waals surface area (Å²) >= 11 is 3.32. The highest BCUT2D eigenvalue weighted by molar-refractivity contribution is 9.10. The van der Waals surface area contributed by atoms with Gasteiger partial charge in [0.1, 0.15) is 12.3 Å². The summed E-state index contributed by atoms with van der Waals surface area (Å²) in [5, 5.41) is 0. The Morgan fingerprint density at radius 1 is 1.58 bits per heavy atom. The van der Waals surface area contributed by atoms with E-state index in [1.807, 2.05) is 18.3 Å². The average Bonchev–Trinajstić information content (AvgIpc) is 2.46. The number of fused-ring (bicyclic) bond motifs is 1. The van der Waals surface area contributed by atoms with E-state index in [0.29, 0.717) is 5.69 Å². The fourth-order valence-corrected chi connectivity index (χ4v) is 1.40. The molecule has 0 bridgehead atoms. The first kappa shape index (κ1) is 7.73. The van der Waals surface area contributed by atoms with Crippen LogP contribution in [0.1, 0.15) is 5.69 Å². The van der Waals surface area contributed by atoms with Crippen LogP contribution >= 0.6 is 15.9 Å². The zero-order chi connectivity index (χ0) is 8.55. The van der Waals surface area contributed by atoms with E-state index in [1.54, 1.807) is 10.6 Å². The fraction of sp³-hybridized carbons (Fsp3) is 0.125. The summed E-state index contributed by atoms with van der Waals surface area (Å²) in [4.78, 5) is 4.05. The van der Waals surface area contributed by atoms with Gasteiger partial charge in [0.2, 0.25) is 0 Å². The van der Waals surface area contributed by atoms with Crippen LogP contribution < -0.4 is 0 Å². The summed E-state index contributed by atoms with van der Waals surface area (Å²) in [5.74, 6) is 0. The lowest BCUT2D eigenvalue weighted by molar-refractivity contribution is 0.477. The first-order valence-corrected chi connectivity index (χ1v) is 4.28. The molecule has 0 radical (unpaired) electrons. The third-order valence-electron chi connectivity index (χ3n) is 1.61. The molecular formula is C8H6BrFN2. The van der Waals surface area contributed by atoms with Crippen molar-refractivity contribution in [3.8, 4) is 0 Å². The van der Waals surface area contributed by atoms with E-state index in [9.17, 15) is 4.39 Å². The molecule has 2 rings (SSSR count). The second-order valence-corrected chi connectivity index (χ2v) is 3.39. The summed E-state index contributed by atoms with van der Waals surface area (Å²) < 4.78 is 14.9. The van der Waals surface area contributed by atoms with Crippen molar-refractivity contribution >= 4 is 21.6 Å². The van der Waals surface area contributed by atoms with Gasteiger partial charge >= 0.3 is 0 Å². The van der Waals surface area contributed by atoms with Crippen LogP contribution in [0.2, 0.25) is 0 Å². The number of pyridine rings is 1. The van der Waals surface area contributed by atoms with Crippen LogP contribution in [0.15, 0.2) is 29.0 Å². The predicted octanol–water partition coefficient (Wildman–Crippen LogP) is 2.57. The lowest BCUT2D eigenvalue weighted by Gasteiger charge is -1.91. The summed E-state index contributed by atoms with van der Waals surface area (Å²) in [6, 6.07) is 3.73. The summed E-state index contributed by atoms with van der Waals surface area (Å²) in [6.07, 6.45) is 3.52. The number of nitrogens with zero attached hydrogens (tertiary/aromatic N) is 2. The molecule has 0 aliphatic carbocycles. The molecule has 12 heavy (non-hydrogen) atoms. The molecule has 2 nitrogen and oxygen atoms in total.